The van der Waals surface area contributed by atoms with Crippen molar-refractivity contribution in [2.24, 2.45) is 5.92 Å². The van der Waals surface area contributed by atoms with Crippen LogP contribution < -0.4 is 0 Å². The van der Waals surface area contributed by atoms with Crippen LogP contribution in [-0.4, -0.2) is 22.8 Å². The Bertz CT molecular complexity index is 306. The fraction of sp³-hybridized carbons (Fsp3) is 0.857. The van der Waals surface area contributed by atoms with E-state index in [4.69, 9.17) is 14.5 Å². The van der Waals surface area contributed by atoms with Gasteiger partial charge >= 0.3 is 0 Å². The number of hydrogen-bond donors (Lipinski definition) is 1. The normalized spacial score (nSPS) is 42.1. The molecule has 0 aromatic heterocycles. The molecule has 104 valence electrons. The summed E-state index contributed by atoms with van der Waals surface area (Å²) in [5.74, 6) is -1.27. The Balaban J connectivity index is 2.07. The molecular weight excluding hydrogens is 232 g/mol. The van der Waals surface area contributed by atoms with E-state index in [0.717, 1.165) is 32.1 Å². The van der Waals surface area contributed by atoms with Gasteiger partial charge in [0.15, 0.2) is 0 Å². The first-order chi connectivity index (χ1) is 8.53. The zero-order valence-electron chi connectivity index (χ0n) is 11.4. The number of hydrogen-bond acceptors (Lipinski definition) is 4. The van der Waals surface area contributed by atoms with E-state index >= 15 is 0 Å². The largest absolute Gasteiger partial charge is 0.393 e. The van der Waals surface area contributed by atoms with Crippen LogP contribution in [0.1, 0.15) is 52.4 Å². The fourth-order valence-corrected chi connectivity index (χ4v) is 3.00. The van der Waals surface area contributed by atoms with Gasteiger partial charge in [0, 0.05) is 18.8 Å². The number of aliphatic hydroxyl groups excluding tert-OH is 1. The van der Waals surface area contributed by atoms with Crippen molar-refractivity contribution in [2.45, 2.75) is 70.1 Å². The molecule has 1 heterocycles. The molecule has 1 aliphatic heterocycles. The second-order valence-electron chi connectivity index (χ2n) is 5.58. The molecule has 2 rings (SSSR count). The number of rotatable bonds is 4. The molecule has 4 heteroatoms. The highest BCUT2D eigenvalue weighted by atomic mass is 17.3. The molecule has 0 amide bonds. The monoisotopic (exact) mass is 256 g/mol. The summed E-state index contributed by atoms with van der Waals surface area (Å²) in [4.78, 5) is 11.0. The van der Waals surface area contributed by atoms with Crippen LogP contribution in [0.3, 0.4) is 0 Å². The molecule has 4 unspecified atom stereocenters. The van der Waals surface area contributed by atoms with Gasteiger partial charge in [0.2, 0.25) is 11.6 Å². The second kappa shape index (κ2) is 5.29. The van der Waals surface area contributed by atoms with Crippen LogP contribution in [0.25, 0.3) is 0 Å². The van der Waals surface area contributed by atoms with Gasteiger partial charge < -0.3 is 9.84 Å². The Labute approximate surface area is 109 Å². The van der Waals surface area contributed by atoms with E-state index < -0.39 is 11.6 Å². The second-order valence-corrected chi connectivity index (χ2v) is 5.58. The first-order valence-corrected chi connectivity index (χ1v) is 6.89. The van der Waals surface area contributed by atoms with E-state index in [0.29, 0.717) is 6.42 Å². The highest BCUT2D eigenvalue weighted by Crippen LogP contribution is 2.46. The molecule has 18 heavy (non-hydrogen) atoms. The summed E-state index contributed by atoms with van der Waals surface area (Å²) in [5, 5.41) is 9.77. The van der Waals surface area contributed by atoms with E-state index in [2.05, 4.69) is 13.5 Å². The van der Waals surface area contributed by atoms with Gasteiger partial charge in [0.1, 0.15) is 0 Å². The van der Waals surface area contributed by atoms with Gasteiger partial charge in [-0.25, -0.2) is 0 Å². The van der Waals surface area contributed by atoms with Crippen molar-refractivity contribution >= 4 is 0 Å². The van der Waals surface area contributed by atoms with Crippen molar-refractivity contribution in [1.82, 2.24) is 0 Å². The lowest BCUT2D eigenvalue weighted by Crippen LogP contribution is -2.43. The van der Waals surface area contributed by atoms with Crippen LogP contribution in [-0.2, 0) is 14.5 Å². The van der Waals surface area contributed by atoms with Crippen LogP contribution in [0.5, 0.6) is 0 Å². The predicted octanol–water partition coefficient (Wildman–Crippen LogP) is 2.91. The van der Waals surface area contributed by atoms with Gasteiger partial charge in [-0.05, 0) is 32.6 Å². The van der Waals surface area contributed by atoms with Crippen LogP contribution in [0.4, 0.5) is 0 Å². The topological polar surface area (TPSA) is 47.9 Å². The SMILES string of the molecule is C=CCC(CC)C1(C)OOC2(CCCC(O)C2)O1. The smallest absolute Gasteiger partial charge is 0.207 e. The minimum absolute atomic E-state index is 0.216. The third-order valence-electron chi connectivity index (χ3n) is 4.07. The summed E-state index contributed by atoms with van der Waals surface area (Å²) in [6.45, 7) is 7.80. The lowest BCUT2D eigenvalue weighted by atomic mass is 9.90. The first-order valence-electron chi connectivity index (χ1n) is 6.89. The van der Waals surface area contributed by atoms with Crippen LogP contribution in [0.15, 0.2) is 12.7 Å². The van der Waals surface area contributed by atoms with E-state index in [1.807, 2.05) is 13.0 Å². The molecule has 0 aromatic rings. The summed E-state index contributed by atoms with van der Waals surface area (Å²) in [5.41, 5.74) is 0. The predicted molar refractivity (Wildman–Crippen MR) is 67.5 cm³/mol. The average molecular weight is 256 g/mol. The van der Waals surface area contributed by atoms with Gasteiger partial charge in [0.25, 0.3) is 0 Å². The van der Waals surface area contributed by atoms with E-state index in [9.17, 15) is 5.11 Å². The van der Waals surface area contributed by atoms with Crippen molar-refractivity contribution < 1.29 is 19.6 Å². The van der Waals surface area contributed by atoms with Crippen molar-refractivity contribution in [2.75, 3.05) is 0 Å². The Morgan fingerprint density at radius 2 is 2.28 bits per heavy atom. The van der Waals surface area contributed by atoms with Gasteiger partial charge in [0.05, 0.1) is 6.10 Å². The quantitative estimate of drug-likeness (QED) is 0.620. The van der Waals surface area contributed by atoms with Crippen LogP contribution >= 0.6 is 0 Å². The summed E-state index contributed by atoms with van der Waals surface area (Å²) in [6, 6.07) is 0. The van der Waals surface area contributed by atoms with Gasteiger partial charge in [-0.15, -0.1) is 6.58 Å². The van der Waals surface area contributed by atoms with Crippen LogP contribution in [0, 0.1) is 5.92 Å². The third-order valence-corrected chi connectivity index (χ3v) is 4.07. The Morgan fingerprint density at radius 1 is 1.50 bits per heavy atom. The van der Waals surface area contributed by atoms with Gasteiger partial charge in [-0.2, -0.15) is 9.78 Å². The average Bonchev–Trinajstić information content (AvgIpc) is 2.64. The van der Waals surface area contributed by atoms with Crippen molar-refractivity contribution in [3.8, 4) is 0 Å². The molecule has 1 saturated heterocycles. The van der Waals surface area contributed by atoms with E-state index in [1.165, 1.54) is 0 Å². The van der Waals surface area contributed by atoms with E-state index in [1.54, 1.807) is 0 Å². The number of allylic oxidation sites excluding steroid dienone is 1. The Kier molecular flexibility index (Phi) is 4.11. The van der Waals surface area contributed by atoms with Crippen molar-refractivity contribution in [3.05, 3.63) is 12.7 Å². The molecule has 0 aromatic carbocycles. The third kappa shape index (κ3) is 2.62. The summed E-state index contributed by atoms with van der Waals surface area (Å²) in [6.07, 6.45) is 6.28. The van der Waals surface area contributed by atoms with Crippen molar-refractivity contribution in [1.29, 1.82) is 0 Å². The Hall–Kier alpha value is -0.420. The molecule has 2 fully saturated rings. The summed E-state index contributed by atoms with van der Waals surface area (Å²) >= 11 is 0. The minimum atomic E-state index is -0.749. The molecule has 4 nitrogen and oxygen atoms in total. The maximum absolute atomic E-state index is 9.77. The molecule has 1 N–H and O–H groups in total. The van der Waals surface area contributed by atoms with Gasteiger partial charge in [-0.1, -0.05) is 13.0 Å². The highest BCUT2D eigenvalue weighted by molar-refractivity contribution is 4.89. The maximum atomic E-state index is 9.77. The van der Waals surface area contributed by atoms with E-state index in [-0.39, 0.29) is 12.0 Å². The number of aliphatic hydroxyl groups is 1. The zero-order valence-corrected chi connectivity index (χ0v) is 11.4. The lowest BCUT2D eigenvalue weighted by molar-refractivity contribution is -0.361. The Morgan fingerprint density at radius 3 is 2.89 bits per heavy atom. The van der Waals surface area contributed by atoms with Gasteiger partial charge in [-0.3, -0.25) is 0 Å². The number of ether oxygens (including phenoxy) is 1. The molecule has 0 bridgehead atoms. The summed E-state index contributed by atoms with van der Waals surface area (Å²) in [7, 11) is 0. The first kappa shape index (κ1) is 14.0. The van der Waals surface area contributed by atoms with Crippen LogP contribution in [0.2, 0.25) is 0 Å². The lowest BCUT2D eigenvalue weighted by Gasteiger charge is -2.35. The maximum Gasteiger partial charge on any atom is 0.207 e. The molecule has 2 aliphatic rings. The minimum Gasteiger partial charge on any atom is -0.393 e. The molecule has 4 atom stereocenters. The zero-order chi connectivity index (χ0) is 13.2. The molecule has 1 aliphatic carbocycles. The van der Waals surface area contributed by atoms with Crippen molar-refractivity contribution in [3.63, 3.8) is 0 Å². The standard InChI is InChI=1S/C14H24O4/c1-4-7-11(5-2)13(3)16-14(18-17-13)9-6-8-12(15)10-14/h4,11-12,15H,1,5-10H2,2-3H3. The molecule has 1 saturated carbocycles. The molecule has 0 radical (unpaired) electrons. The fourth-order valence-electron chi connectivity index (χ4n) is 3.00. The molecule has 1 spiro atoms. The summed E-state index contributed by atoms with van der Waals surface area (Å²) < 4.78 is 6.10. The molecular formula is C14H24O4. The highest BCUT2D eigenvalue weighted by Gasteiger charge is 2.54.